The standard InChI is InChI=1S/C25H28ClN3O/c1-18(15-21-9-5-6-10-23(21)26)25(30)29(17-24-27-13-14-28(24)2)22-12-11-19-7-3-4-8-20(19)16-22/h5-6,9-14,16,18H,3-4,7-8,15,17H2,1-2H3/t18-/m0/s1. The number of amides is 1. The Morgan fingerprint density at radius 1 is 1.17 bits per heavy atom. The number of nitrogens with zero attached hydrogens (tertiary/aromatic N) is 3. The molecule has 1 aromatic heterocycles. The van der Waals surface area contributed by atoms with Gasteiger partial charge in [0.1, 0.15) is 5.82 Å². The van der Waals surface area contributed by atoms with Crippen molar-refractivity contribution >= 4 is 23.2 Å². The van der Waals surface area contributed by atoms with Crippen molar-refractivity contribution in [1.82, 2.24) is 9.55 Å². The van der Waals surface area contributed by atoms with Crippen molar-refractivity contribution in [2.45, 2.75) is 45.6 Å². The Morgan fingerprint density at radius 2 is 1.93 bits per heavy atom. The first-order chi connectivity index (χ1) is 14.5. The lowest BCUT2D eigenvalue weighted by molar-refractivity contribution is -0.122. The van der Waals surface area contributed by atoms with Gasteiger partial charge in [0.2, 0.25) is 5.91 Å². The molecule has 1 amide bonds. The Labute approximate surface area is 183 Å². The fourth-order valence-electron chi connectivity index (χ4n) is 4.22. The van der Waals surface area contributed by atoms with Gasteiger partial charge in [-0.3, -0.25) is 4.79 Å². The zero-order chi connectivity index (χ0) is 21.1. The molecule has 1 aliphatic carbocycles. The van der Waals surface area contributed by atoms with Crippen molar-refractivity contribution in [1.29, 1.82) is 0 Å². The van der Waals surface area contributed by atoms with Crippen molar-refractivity contribution in [2.75, 3.05) is 4.90 Å². The molecule has 0 aliphatic heterocycles. The monoisotopic (exact) mass is 421 g/mol. The van der Waals surface area contributed by atoms with Crippen molar-refractivity contribution < 1.29 is 4.79 Å². The van der Waals surface area contributed by atoms with Crippen LogP contribution in [-0.2, 0) is 37.6 Å². The quantitative estimate of drug-likeness (QED) is 0.537. The van der Waals surface area contributed by atoms with Crippen LogP contribution in [0.15, 0.2) is 54.9 Å². The summed E-state index contributed by atoms with van der Waals surface area (Å²) in [7, 11) is 1.96. The molecular formula is C25H28ClN3O. The Bertz CT molecular complexity index is 1040. The molecule has 0 spiro atoms. The van der Waals surface area contributed by atoms with Crippen LogP contribution >= 0.6 is 11.6 Å². The van der Waals surface area contributed by atoms with Gasteiger partial charge in [-0.1, -0.05) is 42.8 Å². The minimum atomic E-state index is -0.193. The number of anilines is 1. The normalized spacial score (nSPS) is 14.2. The number of fused-ring (bicyclic) bond motifs is 1. The van der Waals surface area contributed by atoms with E-state index >= 15 is 0 Å². The molecule has 1 aliphatic rings. The number of aryl methyl sites for hydroxylation is 3. The Morgan fingerprint density at radius 3 is 2.67 bits per heavy atom. The first kappa shape index (κ1) is 20.7. The molecule has 156 valence electrons. The molecular weight excluding hydrogens is 394 g/mol. The highest BCUT2D eigenvalue weighted by Gasteiger charge is 2.25. The van der Waals surface area contributed by atoms with E-state index in [-0.39, 0.29) is 11.8 Å². The van der Waals surface area contributed by atoms with E-state index in [0.717, 1.165) is 29.9 Å². The van der Waals surface area contributed by atoms with Crippen molar-refractivity contribution in [2.24, 2.45) is 13.0 Å². The van der Waals surface area contributed by atoms with Crippen LogP contribution in [0.4, 0.5) is 5.69 Å². The van der Waals surface area contributed by atoms with Gasteiger partial charge < -0.3 is 9.47 Å². The van der Waals surface area contributed by atoms with Crippen molar-refractivity contribution in [3.8, 4) is 0 Å². The molecule has 30 heavy (non-hydrogen) atoms. The minimum Gasteiger partial charge on any atom is -0.337 e. The van der Waals surface area contributed by atoms with Gasteiger partial charge >= 0.3 is 0 Å². The second-order valence-corrected chi connectivity index (χ2v) is 8.64. The lowest BCUT2D eigenvalue weighted by Crippen LogP contribution is -2.36. The van der Waals surface area contributed by atoms with Gasteiger partial charge in [-0.2, -0.15) is 0 Å². The molecule has 5 heteroatoms. The third-order valence-electron chi connectivity index (χ3n) is 6.04. The van der Waals surface area contributed by atoms with E-state index in [1.807, 2.05) is 53.9 Å². The van der Waals surface area contributed by atoms with Crippen LogP contribution in [0.1, 0.15) is 42.3 Å². The third kappa shape index (κ3) is 4.44. The first-order valence-corrected chi connectivity index (χ1v) is 11.0. The number of benzene rings is 2. The molecule has 1 atom stereocenters. The molecule has 0 bridgehead atoms. The maximum absolute atomic E-state index is 13.6. The molecule has 0 radical (unpaired) electrons. The van der Waals surface area contributed by atoms with Gasteiger partial charge in [0.15, 0.2) is 0 Å². The average Bonchev–Trinajstić information content (AvgIpc) is 3.17. The van der Waals surface area contributed by atoms with Gasteiger partial charge in [0.05, 0.1) is 6.54 Å². The van der Waals surface area contributed by atoms with Crippen molar-refractivity contribution in [3.05, 3.63) is 82.4 Å². The summed E-state index contributed by atoms with van der Waals surface area (Å²) in [5.74, 6) is 0.765. The van der Waals surface area contributed by atoms with Crippen LogP contribution in [0.2, 0.25) is 5.02 Å². The Balaban J connectivity index is 1.63. The van der Waals surface area contributed by atoms with Gasteiger partial charge in [0, 0.05) is 36.1 Å². The first-order valence-electron chi connectivity index (χ1n) is 10.7. The smallest absolute Gasteiger partial charge is 0.230 e. The number of carbonyl (C=O) groups excluding carboxylic acids is 1. The fourth-order valence-corrected chi connectivity index (χ4v) is 4.43. The van der Waals surface area contributed by atoms with E-state index in [1.165, 1.54) is 24.0 Å². The number of hydrogen-bond acceptors (Lipinski definition) is 2. The predicted octanol–water partition coefficient (Wildman–Crippen LogP) is 5.36. The summed E-state index contributed by atoms with van der Waals surface area (Å²) in [6.45, 7) is 2.43. The van der Waals surface area contributed by atoms with Crippen LogP contribution in [0.3, 0.4) is 0 Å². The second-order valence-electron chi connectivity index (χ2n) is 8.24. The second kappa shape index (κ2) is 9.05. The van der Waals surface area contributed by atoms with Gasteiger partial charge in [-0.15, -0.1) is 0 Å². The topological polar surface area (TPSA) is 38.1 Å². The number of hydrogen-bond donors (Lipinski definition) is 0. The summed E-state index contributed by atoms with van der Waals surface area (Å²) in [6, 6.07) is 14.2. The summed E-state index contributed by atoms with van der Waals surface area (Å²) >= 11 is 6.35. The van der Waals surface area contributed by atoms with Crippen LogP contribution in [0, 0.1) is 5.92 Å². The van der Waals surface area contributed by atoms with Crippen LogP contribution in [0.5, 0.6) is 0 Å². The van der Waals surface area contributed by atoms with Gasteiger partial charge in [-0.25, -0.2) is 4.98 Å². The summed E-state index contributed by atoms with van der Waals surface area (Å²) < 4.78 is 1.97. The van der Waals surface area contributed by atoms with E-state index in [1.54, 1.807) is 6.20 Å². The Hall–Kier alpha value is -2.59. The number of aromatic nitrogens is 2. The van der Waals surface area contributed by atoms with E-state index in [0.29, 0.717) is 18.0 Å². The number of rotatable bonds is 6. The highest BCUT2D eigenvalue weighted by molar-refractivity contribution is 6.31. The summed E-state index contributed by atoms with van der Waals surface area (Å²) in [5.41, 5.74) is 4.74. The average molecular weight is 422 g/mol. The van der Waals surface area contributed by atoms with E-state index in [9.17, 15) is 4.79 Å². The minimum absolute atomic E-state index is 0.0914. The van der Waals surface area contributed by atoms with Gasteiger partial charge in [-0.05, 0) is 67.0 Å². The molecule has 3 aromatic rings. The highest BCUT2D eigenvalue weighted by atomic mass is 35.5. The van der Waals surface area contributed by atoms with Crippen LogP contribution in [0.25, 0.3) is 0 Å². The Kier molecular flexibility index (Phi) is 6.24. The van der Waals surface area contributed by atoms with E-state index in [2.05, 4.69) is 23.2 Å². The maximum Gasteiger partial charge on any atom is 0.230 e. The fraction of sp³-hybridized carbons (Fsp3) is 0.360. The lowest BCUT2D eigenvalue weighted by Gasteiger charge is -2.28. The SMILES string of the molecule is C[C@@H](Cc1ccccc1Cl)C(=O)N(Cc1nccn1C)c1ccc2c(c1)CCCC2. The molecule has 1 heterocycles. The zero-order valence-corrected chi connectivity index (χ0v) is 18.4. The predicted molar refractivity (Wildman–Crippen MR) is 122 cm³/mol. The van der Waals surface area contributed by atoms with Crippen LogP contribution < -0.4 is 4.90 Å². The molecule has 0 fully saturated rings. The molecule has 0 saturated carbocycles. The summed E-state index contributed by atoms with van der Waals surface area (Å²) in [4.78, 5) is 20.0. The summed E-state index contributed by atoms with van der Waals surface area (Å²) in [6.07, 6.45) is 8.98. The largest absolute Gasteiger partial charge is 0.337 e. The van der Waals surface area contributed by atoms with E-state index < -0.39 is 0 Å². The highest BCUT2D eigenvalue weighted by Crippen LogP contribution is 2.29. The summed E-state index contributed by atoms with van der Waals surface area (Å²) in [5, 5.41) is 0.710. The van der Waals surface area contributed by atoms with Crippen molar-refractivity contribution in [3.63, 3.8) is 0 Å². The zero-order valence-electron chi connectivity index (χ0n) is 17.6. The molecule has 0 N–H and O–H groups in total. The van der Waals surface area contributed by atoms with Crippen LogP contribution in [-0.4, -0.2) is 15.5 Å². The number of halogens is 1. The molecule has 2 aromatic carbocycles. The molecule has 0 saturated heterocycles. The van der Waals surface area contributed by atoms with Gasteiger partial charge in [0.25, 0.3) is 0 Å². The lowest BCUT2D eigenvalue weighted by atomic mass is 9.91. The molecule has 4 nitrogen and oxygen atoms in total. The maximum atomic E-state index is 13.6. The van der Waals surface area contributed by atoms with E-state index in [4.69, 9.17) is 11.6 Å². The number of imidazole rings is 1. The number of carbonyl (C=O) groups is 1. The molecule has 4 rings (SSSR count). The third-order valence-corrected chi connectivity index (χ3v) is 6.40. The molecule has 0 unspecified atom stereocenters.